The molecule has 3 aliphatic rings. The van der Waals surface area contributed by atoms with E-state index in [-0.39, 0.29) is 5.54 Å². The maximum Gasteiger partial charge on any atom is 0.0183 e. The Kier molecular flexibility index (Phi) is 1.39. The average Bonchev–Trinajstić information content (AvgIpc) is 2.52. The molecule has 3 aliphatic carbocycles. The summed E-state index contributed by atoms with van der Waals surface area (Å²) in [5.41, 5.74) is 6.73. The summed E-state index contributed by atoms with van der Waals surface area (Å²) in [5, 5.41) is 0. The van der Waals surface area contributed by atoms with Crippen LogP contribution in [0.4, 0.5) is 0 Å². The van der Waals surface area contributed by atoms with Gasteiger partial charge in [-0.3, -0.25) is 0 Å². The minimum atomic E-state index is 0.285. The molecule has 12 heavy (non-hydrogen) atoms. The molecule has 0 amide bonds. The molecular weight excluding hydrogens is 146 g/mol. The van der Waals surface area contributed by atoms with Crippen LogP contribution < -0.4 is 5.73 Å². The molecule has 0 heterocycles. The molecule has 0 aromatic rings. The van der Waals surface area contributed by atoms with Crippen molar-refractivity contribution in [3.05, 3.63) is 0 Å². The summed E-state index contributed by atoms with van der Waals surface area (Å²) in [7, 11) is 0. The highest BCUT2D eigenvalue weighted by Crippen LogP contribution is 2.58. The number of rotatable bonds is 1. The summed E-state index contributed by atoms with van der Waals surface area (Å²) < 4.78 is 0. The van der Waals surface area contributed by atoms with E-state index in [9.17, 15) is 0 Å². The minimum absolute atomic E-state index is 0.285. The van der Waals surface area contributed by atoms with Gasteiger partial charge in [-0.15, -0.1) is 0 Å². The Hall–Kier alpha value is -0.0400. The van der Waals surface area contributed by atoms with Gasteiger partial charge in [0, 0.05) is 5.54 Å². The Balaban J connectivity index is 1.71. The molecule has 1 nitrogen and oxygen atoms in total. The molecular formula is C11H19N. The van der Waals surface area contributed by atoms with Crippen LogP contribution >= 0.6 is 0 Å². The second-order valence-electron chi connectivity index (χ2n) is 5.36. The molecule has 0 aliphatic heterocycles. The van der Waals surface area contributed by atoms with Gasteiger partial charge in [0.25, 0.3) is 0 Å². The zero-order chi connectivity index (χ0) is 8.18. The largest absolute Gasteiger partial charge is 0.325 e. The topological polar surface area (TPSA) is 26.0 Å². The Labute approximate surface area is 74.7 Å². The molecule has 0 spiro atoms. The van der Waals surface area contributed by atoms with Gasteiger partial charge in [-0.25, -0.2) is 0 Å². The SMILES string of the molecule is NC1(C2CC3CC3C2)CCCC1. The Morgan fingerprint density at radius 2 is 1.50 bits per heavy atom. The third-order valence-electron chi connectivity index (χ3n) is 4.59. The Morgan fingerprint density at radius 3 is 2.08 bits per heavy atom. The first-order valence-corrected chi connectivity index (χ1v) is 5.57. The number of nitrogens with two attached hydrogens (primary N) is 1. The predicted octanol–water partition coefficient (Wildman–Crippen LogP) is 2.30. The van der Waals surface area contributed by atoms with Gasteiger partial charge in [-0.2, -0.15) is 0 Å². The van der Waals surface area contributed by atoms with Gasteiger partial charge in [0.2, 0.25) is 0 Å². The maximum atomic E-state index is 6.45. The number of hydrogen-bond donors (Lipinski definition) is 1. The first-order valence-electron chi connectivity index (χ1n) is 5.57. The summed E-state index contributed by atoms with van der Waals surface area (Å²) in [6.07, 6.45) is 9.90. The van der Waals surface area contributed by atoms with Crippen molar-refractivity contribution in [2.45, 2.75) is 50.5 Å². The number of fused-ring (bicyclic) bond motifs is 1. The standard InChI is InChI=1S/C11H19N/c12-11(3-1-2-4-11)10-6-8-5-9(8)7-10/h8-10H,1-7,12H2. The fraction of sp³-hybridized carbons (Fsp3) is 1.00. The fourth-order valence-electron chi connectivity index (χ4n) is 3.63. The van der Waals surface area contributed by atoms with Gasteiger partial charge >= 0.3 is 0 Å². The summed E-state index contributed by atoms with van der Waals surface area (Å²) in [5.74, 6) is 3.12. The molecule has 2 atom stereocenters. The highest BCUT2D eigenvalue weighted by molar-refractivity contribution is 5.05. The van der Waals surface area contributed by atoms with Crippen LogP contribution in [0, 0.1) is 17.8 Å². The van der Waals surface area contributed by atoms with Gasteiger partial charge < -0.3 is 5.73 Å². The molecule has 0 aromatic carbocycles. The van der Waals surface area contributed by atoms with E-state index in [2.05, 4.69) is 0 Å². The van der Waals surface area contributed by atoms with E-state index < -0.39 is 0 Å². The Bertz CT molecular complexity index is 183. The van der Waals surface area contributed by atoms with Crippen LogP contribution in [0.15, 0.2) is 0 Å². The number of hydrogen-bond acceptors (Lipinski definition) is 1. The summed E-state index contributed by atoms with van der Waals surface area (Å²) in [6, 6.07) is 0. The Morgan fingerprint density at radius 1 is 0.917 bits per heavy atom. The van der Waals surface area contributed by atoms with Crippen molar-refractivity contribution in [3.63, 3.8) is 0 Å². The van der Waals surface area contributed by atoms with Gasteiger partial charge in [0.1, 0.15) is 0 Å². The monoisotopic (exact) mass is 165 g/mol. The van der Waals surface area contributed by atoms with E-state index in [0.29, 0.717) is 0 Å². The molecule has 3 saturated carbocycles. The molecule has 0 bridgehead atoms. The lowest BCUT2D eigenvalue weighted by atomic mass is 9.80. The third kappa shape index (κ3) is 0.953. The van der Waals surface area contributed by atoms with Crippen molar-refractivity contribution >= 4 is 0 Å². The van der Waals surface area contributed by atoms with E-state index in [1.807, 2.05) is 0 Å². The van der Waals surface area contributed by atoms with Crippen LogP contribution in [-0.4, -0.2) is 5.54 Å². The highest BCUT2D eigenvalue weighted by atomic mass is 14.8. The summed E-state index contributed by atoms with van der Waals surface area (Å²) in [6.45, 7) is 0. The fourth-order valence-corrected chi connectivity index (χ4v) is 3.63. The van der Waals surface area contributed by atoms with E-state index >= 15 is 0 Å². The molecule has 0 saturated heterocycles. The molecule has 68 valence electrons. The van der Waals surface area contributed by atoms with Crippen LogP contribution in [0.25, 0.3) is 0 Å². The van der Waals surface area contributed by atoms with Crippen LogP contribution in [0.2, 0.25) is 0 Å². The van der Waals surface area contributed by atoms with Crippen LogP contribution in [0.1, 0.15) is 44.9 Å². The zero-order valence-corrected chi connectivity index (χ0v) is 7.76. The van der Waals surface area contributed by atoms with Crippen molar-refractivity contribution in [2.75, 3.05) is 0 Å². The van der Waals surface area contributed by atoms with Crippen molar-refractivity contribution in [1.29, 1.82) is 0 Å². The summed E-state index contributed by atoms with van der Waals surface area (Å²) in [4.78, 5) is 0. The van der Waals surface area contributed by atoms with Crippen molar-refractivity contribution < 1.29 is 0 Å². The first kappa shape index (κ1) is 7.37. The van der Waals surface area contributed by atoms with Crippen molar-refractivity contribution in [2.24, 2.45) is 23.5 Å². The first-order chi connectivity index (χ1) is 5.78. The van der Waals surface area contributed by atoms with Gasteiger partial charge in [0.05, 0.1) is 0 Å². The molecule has 3 fully saturated rings. The van der Waals surface area contributed by atoms with E-state index in [1.165, 1.54) is 44.9 Å². The average molecular weight is 165 g/mol. The molecule has 2 N–H and O–H groups in total. The van der Waals surface area contributed by atoms with Gasteiger partial charge in [-0.05, 0) is 49.9 Å². The van der Waals surface area contributed by atoms with E-state index in [4.69, 9.17) is 5.73 Å². The van der Waals surface area contributed by atoms with Crippen LogP contribution in [0.3, 0.4) is 0 Å². The lowest BCUT2D eigenvalue weighted by Gasteiger charge is -2.32. The summed E-state index contributed by atoms with van der Waals surface area (Å²) >= 11 is 0. The lowest BCUT2D eigenvalue weighted by Crippen LogP contribution is -2.43. The highest BCUT2D eigenvalue weighted by Gasteiger charge is 2.51. The molecule has 3 rings (SSSR count). The van der Waals surface area contributed by atoms with Crippen LogP contribution in [0.5, 0.6) is 0 Å². The maximum absolute atomic E-state index is 6.45. The second kappa shape index (κ2) is 2.25. The van der Waals surface area contributed by atoms with Gasteiger partial charge in [-0.1, -0.05) is 12.8 Å². The van der Waals surface area contributed by atoms with Crippen molar-refractivity contribution in [3.8, 4) is 0 Å². The van der Waals surface area contributed by atoms with E-state index in [0.717, 1.165) is 17.8 Å². The minimum Gasteiger partial charge on any atom is -0.325 e. The van der Waals surface area contributed by atoms with Gasteiger partial charge in [0.15, 0.2) is 0 Å². The van der Waals surface area contributed by atoms with Crippen molar-refractivity contribution in [1.82, 2.24) is 0 Å². The third-order valence-corrected chi connectivity index (χ3v) is 4.59. The lowest BCUT2D eigenvalue weighted by molar-refractivity contribution is 0.261. The smallest absolute Gasteiger partial charge is 0.0183 e. The molecule has 2 unspecified atom stereocenters. The predicted molar refractivity (Wildman–Crippen MR) is 49.7 cm³/mol. The second-order valence-corrected chi connectivity index (χ2v) is 5.36. The molecule has 0 radical (unpaired) electrons. The van der Waals surface area contributed by atoms with Crippen LogP contribution in [-0.2, 0) is 0 Å². The molecule has 1 heteroatoms. The quantitative estimate of drug-likeness (QED) is 0.634. The zero-order valence-electron chi connectivity index (χ0n) is 7.76. The normalized spacial score (nSPS) is 49.2. The molecule has 0 aromatic heterocycles. The van der Waals surface area contributed by atoms with E-state index in [1.54, 1.807) is 0 Å².